The third-order valence-electron chi connectivity index (χ3n) is 4.88. The summed E-state index contributed by atoms with van der Waals surface area (Å²) in [6.07, 6.45) is -10.5. The maximum Gasteiger partial charge on any atom is 0.421 e. The Morgan fingerprint density at radius 1 is 1.26 bits per heavy atom. The Hall–Kier alpha value is -3.45. The van der Waals surface area contributed by atoms with Crippen molar-refractivity contribution in [2.24, 2.45) is 0 Å². The molecule has 184 valence electrons. The summed E-state index contributed by atoms with van der Waals surface area (Å²) < 4.78 is 57.3. The molecule has 2 aromatic rings. The average Bonchev–Trinajstić information content (AvgIpc) is 3.06. The molecule has 34 heavy (non-hydrogen) atoms. The number of hydrogen-bond acceptors (Lipinski definition) is 9. The largest absolute Gasteiger partial charge is 0.463 e. The number of anilines is 2. The number of nitrogens with zero attached hydrogens (tertiary/aromatic N) is 2. The molecule has 0 spiro atoms. The lowest BCUT2D eigenvalue weighted by Gasteiger charge is -2.21. The van der Waals surface area contributed by atoms with E-state index in [4.69, 9.17) is 14.2 Å². The number of halogens is 3. The minimum Gasteiger partial charge on any atom is -0.463 e. The van der Waals surface area contributed by atoms with E-state index >= 15 is 0 Å². The van der Waals surface area contributed by atoms with Crippen LogP contribution in [0.15, 0.2) is 41.3 Å². The normalized spacial score (nSPS) is 22.3. The Morgan fingerprint density at radius 3 is 2.53 bits per heavy atom. The predicted octanol–water partition coefficient (Wildman–Crippen LogP) is 2.15. The summed E-state index contributed by atoms with van der Waals surface area (Å²) in [5.41, 5.74) is -2.19. The smallest absolute Gasteiger partial charge is 0.421 e. The summed E-state index contributed by atoms with van der Waals surface area (Å²) in [7, 11) is 0. The highest BCUT2D eigenvalue weighted by molar-refractivity contribution is 5.69. The lowest BCUT2D eigenvalue weighted by molar-refractivity contribution is -0.158. The molecule has 4 atom stereocenters. The Bertz CT molecular complexity index is 1090. The van der Waals surface area contributed by atoms with Crippen LogP contribution in [0.4, 0.5) is 24.7 Å². The number of aliphatic hydroxyl groups excluding tert-OH is 1. The van der Waals surface area contributed by atoms with Crippen LogP contribution in [0.1, 0.15) is 32.1 Å². The van der Waals surface area contributed by atoms with Crippen LogP contribution in [0.25, 0.3) is 0 Å². The summed E-state index contributed by atoms with van der Waals surface area (Å²) in [6.45, 7) is 2.13. The second-order valence-electron chi connectivity index (χ2n) is 7.35. The van der Waals surface area contributed by atoms with Gasteiger partial charge in [0.15, 0.2) is 12.3 Å². The zero-order valence-corrected chi connectivity index (χ0v) is 18.1. The second kappa shape index (κ2) is 10.2. The zero-order valence-electron chi connectivity index (χ0n) is 18.1. The van der Waals surface area contributed by atoms with Gasteiger partial charge in [-0.3, -0.25) is 14.2 Å². The molecule has 0 aliphatic carbocycles. The van der Waals surface area contributed by atoms with Crippen molar-refractivity contribution < 1.29 is 42.1 Å². The number of para-hydroxylation sites is 1. The van der Waals surface area contributed by atoms with Crippen LogP contribution < -0.4 is 11.0 Å². The summed E-state index contributed by atoms with van der Waals surface area (Å²) in [5, 5.41) is 13.1. The lowest BCUT2D eigenvalue weighted by Crippen LogP contribution is -2.39. The van der Waals surface area contributed by atoms with Gasteiger partial charge in [0, 0.05) is 25.2 Å². The fourth-order valence-electron chi connectivity index (χ4n) is 3.31. The molecule has 0 bridgehead atoms. The molecule has 1 fully saturated rings. The molecule has 2 N–H and O–H groups in total. The van der Waals surface area contributed by atoms with Crippen molar-refractivity contribution in [2.75, 3.05) is 11.9 Å². The van der Waals surface area contributed by atoms with E-state index in [0.29, 0.717) is 10.8 Å². The maximum absolute atomic E-state index is 13.8. The van der Waals surface area contributed by atoms with E-state index in [0.717, 1.165) is 6.92 Å². The first-order valence-corrected chi connectivity index (χ1v) is 10.2. The summed E-state index contributed by atoms with van der Waals surface area (Å²) in [5.74, 6) is -2.17. The molecule has 2 heterocycles. The molecule has 0 radical (unpaired) electrons. The molecule has 1 aliphatic rings. The quantitative estimate of drug-likeness (QED) is 0.567. The molecule has 1 saturated heterocycles. The number of aromatic nitrogens is 2. The summed E-state index contributed by atoms with van der Waals surface area (Å²) in [4.78, 5) is 39.1. The molecule has 13 heteroatoms. The molecular formula is C21H22F3N3O7. The second-order valence-corrected chi connectivity index (χ2v) is 7.35. The topological polar surface area (TPSA) is 129 Å². The standard InChI is InChI=1S/C21H22F3N3O7/c1-3-15(29)32-10-14-17(33-11(2)28)16(30)19(34-14)27-9-13(21(22,23)24)18(26-20(27)31)25-12-7-5-4-6-8-12/h4-9,14,16-17,19,30H,3,10H2,1-2H3,(H,25,26,31)/t14-,16+,17-,19-/m1/s1. The number of alkyl halides is 3. The van der Waals surface area contributed by atoms with Gasteiger partial charge in [0.1, 0.15) is 30.2 Å². The first-order chi connectivity index (χ1) is 16.0. The zero-order chi connectivity index (χ0) is 25.0. The van der Waals surface area contributed by atoms with Gasteiger partial charge in [-0.1, -0.05) is 25.1 Å². The molecular weight excluding hydrogens is 463 g/mol. The number of carbonyl (C=O) groups is 2. The van der Waals surface area contributed by atoms with E-state index in [9.17, 15) is 32.7 Å². The number of ether oxygens (including phenoxy) is 3. The van der Waals surface area contributed by atoms with Crippen molar-refractivity contribution in [3.8, 4) is 0 Å². The van der Waals surface area contributed by atoms with Crippen LogP contribution in [0.2, 0.25) is 0 Å². The van der Waals surface area contributed by atoms with E-state index in [2.05, 4.69) is 10.3 Å². The van der Waals surface area contributed by atoms with Crippen molar-refractivity contribution >= 4 is 23.4 Å². The van der Waals surface area contributed by atoms with E-state index in [-0.39, 0.29) is 12.1 Å². The van der Waals surface area contributed by atoms with Crippen molar-refractivity contribution in [3.05, 3.63) is 52.6 Å². The molecule has 1 aromatic carbocycles. The van der Waals surface area contributed by atoms with Crippen molar-refractivity contribution in [2.45, 2.75) is 51.0 Å². The van der Waals surface area contributed by atoms with Gasteiger partial charge < -0.3 is 24.6 Å². The average molecular weight is 485 g/mol. The molecule has 0 amide bonds. The van der Waals surface area contributed by atoms with Gasteiger partial charge in [-0.05, 0) is 12.1 Å². The number of aliphatic hydroxyl groups is 1. The fraction of sp³-hybridized carbons (Fsp3) is 0.429. The monoisotopic (exact) mass is 485 g/mol. The van der Waals surface area contributed by atoms with Crippen molar-refractivity contribution in [1.29, 1.82) is 0 Å². The van der Waals surface area contributed by atoms with Crippen LogP contribution in [-0.4, -0.2) is 51.5 Å². The first-order valence-electron chi connectivity index (χ1n) is 10.2. The van der Waals surface area contributed by atoms with Crippen LogP contribution in [0.3, 0.4) is 0 Å². The van der Waals surface area contributed by atoms with E-state index in [1.807, 2.05) is 0 Å². The number of rotatable bonds is 7. The fourth-order valence-corrected chi connectivity index (χ4v) is 3.31. The predicted molar refractivity (Wildman–Crippen MR) is 110 cm³/mol. The number of hydrogen-bond donors (Lipinski definition) is 2. The van der Waals surface area contributed by atoms with Crippen LogP contribution in [-0.2, 0) is 30.0 Å². The Balaban J connectivity index is 1.97. The molecule has 3 rings (SSSR count). The van der Waals surface area contributed by atoms with Crippen molar-refractivity contribution in [1.82, 2.24) is 9.55 Å². The maximum atomic E-state index is 13.8. The number of nitrogens with one attached hydrogen (secondary N) is 1. The lowest BCUT2D eigenvalue weighted by atomic mass is 10.1. The first kappa shape index (κ1) is 25.2. The SMILES string of the molecule is CCC(=O)OC[C@H]1O[C@@H](n2cc(C(F)(F)F)c(Nc3ccccc3)nc2=O)[C@@H](O)[C@@H]1OC(C)=O. The Morgan fingerprint density at radius 2 is 1.94 bits per heavy atom. The van der Waals surface area contributed by atoms with Crippen LogP contribution in [0.5, 0.6) is 0 Å². The van der Waals surface area contributed by atoms with Crippen LogP contribution >= 0.6 is 0 Å². The van der Waals surface area contributed by atoms with E-state index in [1.54, 1.807) is 18.2 Å². The van der Waals surface area contributed by atoms with Gasteiger partial charge in [0.05, 0.1) is 0 Å². The number of esters is 2. The molecule has 1 aliphatic heterocycles. The molecule has 0 saturated carbocycles. The van der Waals surface area contributed by atoms with Gasteiger partial charge in [0.25, 0.3) is 0 Å². The van der Waals surface area contributed by atoms with E-state index < -0.39 is 66.3 Å². The third-order valence-corrected chi connectivity index (χ3v) is 4.88. The number of benzene rings is 1. The van der Waals surface area contributed by atoms with Crippen molar-refractivity contribution in [3.63, 3.8) is 0 Å². The van der Waals surface area contributed by atoms with Gasteiger partial charge in [-0.2, -0.15) is 18.2 Å². The molecule has 1 aromatic heterocycles. The highest BCUT2D eigenvalue weighted by Crippen LogP contribution is 2.36. The molecule has 0 unspecified atom stereocenters. The minimum absolute atomic E-state index is 0.0329. The highest BCUT2D eigenvalue weighted by Gasteiger charge is 2.48. The third kappa shape index (κ3) is 5.72. The highest BCUT2D eigenvalue weighted by atomic mass is 19.4. The summed E-state index contributed by atoms with van der Waals surface area (Å²) >= 11 is 0. The van der Waals surface area contributed by atoms with Gasteiger partial charge >= 0.3 is 23.8 Å². The molecule has 10 nitrogen and oxygen atoms in total. The van der Waals surface area contributed by atoms with Gasteiger partial charge in [-0.15, -0.1) is 0 Å². The Labute approximate surface area is 191 Å². The van der Waals surface area contributed by atoms with Gasteiger partial charge in [0.2, 0.25) is 0 Å². The summed E-state index contributed by atoms with van der Waals surface area (Å²) in [6, 6.07) is 7.81. The van der Waals surface area contributed by atoms with Gasteiger partial charge in [-0.25, -0.2) is 4.79 Å². The minimum atomic E-state index is -4.92. The number of carbonyl (C=O) groups excluding carboxylic acids is 2. The Kier molecular flexibility index (Phi) is 7.57. The van der Waals surface area contributed by atoms with E-state index in [1.165, 1.54) is 19.1 Å². The van der Waals surface area contributed by atoms with Crippen LogP contribution in [0, 0.1) is 0 Å².